The number of carboxylic acid groups (broad SMARTS) is 1. The van der Waals surface area contributed by atoms with E-state index in [1.54, 1.807) is 12.1 Å². The highest BCUT2D eigenvalue weighted by atomic mass is 32.1. The molecule has 58 valence electrons. The van der Waals surface area contributed by atoms with Crippen LogP contribution < -0.4 is 4.74 Å². The van der Waals surface area contributed by atoms with Crippen molar-refractivity contribution in [1.82, 2.24) is 0 Å². The highest BCUT2D eigenvalue weighted by Gasteiger charge is 1.98. The maximum atomic E-state index is 10.0. The molecule has 0 spiro atoms. The highest BCUT2D eigenvalue weighted by molar-refractivity contribution is 7.80. The molecule has 1 aromatic rings. The van der Waals surface area contributed by atoms with Gasteiger partial charge in [0.1, 0.15) is 5.75 Å². The van der Waals surface area contributed by atoms with Gasteiger partial charge < -0.3 is 9.84 Å². The quantitative estimate of drug-likeness (QED) is 0.385. The van der Waals surface area contributed by atoms with Gasteiger partial charge in [-0.2, -0.15) is 0 Å². The van der Waals surface area contributed by atoms with E-state index < -0.39 is 6.16 Å². The molecule has 0 heterocycles. The zero-order valence-corrected chi connectivity index (χ0v) is 6.41. The van der Waals surface area contributed by atoms with Gasteiger partial charge in [0, 0.05) is 4.90 Å². The van der Waals surface area contributed by atoms with Crippen molar-refractivity contribution >= 4 is 18.8 Å². The molecule has 11 heavy (non-hydrogen) atoms. The predicted molar refractivity (Wildman–Crippen MR) is 42.3 cm³/mol. The van der Waals surface area contributed by atoms with Crippen molar-refractivity contribution in [2.24, 2.45) is 0 Å². The molecule has 0 amide bonds. The Kier molecular flexibility index (Phi) is 2.38. The van der Waals surface area contributed by atoms with Gasteiger partial charge in [0.05, 0.1) is 0 Å². The summed E-state index contributed by atoms with van der Waals surface area (Å²) in [5, 5.41) is 8.19. The van der Waals surface area contributed by atoms with Crippen LogP contribution in [0.4, 0.5) is 4.79 Å². The summed E-state index contributed by atoms with van der Waals surface area (Å²) < 4.78 is 4.35. The van der Waals surface area contributed by atoms with Crippen LogP contribution >= 0.6 is 12.6 Å². The van der Waals surface area contributed by atoms with E-state index in [1.807, 2.05) is 0 Å². The molecule has 0 unspecified atom stereocenters. The second-order valence-corrected chi connectivity index (χ2v) is 2.38. The molecule has 3 nitrogen and oxygen atoms in total. The lowest BCUT2D eigenvalue weighted by atomic mass is 10.3. The molecule has 0 radical (unpaired) electrons. The van der Waals surface area contributed by atoms with E-state index in [-0.39, 0.29) is 0 Å². The van der Waals surface area contributed by atoms with Gasteiger partial charge in [-0.1, -0.05) is 0 Å². The lowest BCUT2D eigenvalue weighted by Crippen LogP contribution is -2.02. The molecule has 0 saturated heterocycles. The first-order chi connectivity index (χ1) is 5.18. The van der Waals surface area contributed by atoms with E-state index in [0.29, 0.717) is 5.75 Å². The zero-order valence-electron chi connectivity index (χ0n) is 5.52. The highest BCUT2D eigenvalue weighted by Crippen LogP contribution is 2.13. The fraction of sp³-hybridized carbons (Fsp3) is 0. The van der Waals surface area contributed by atoms with Gasteiger partial charge in [0.25, 0.3) is 0 Å². The molecule has 0 saturated carbocycles. The number of benzene rings is 1. The lowest BCUT2D eigenvalue weighted by molar-refractivity contribution is 0.144. The van der Waals surface area contributed by atoms with Crippen molar-refractivity contribution in [1.29, 1.82) is 0 Å². The molecule has 0 aliphatic rings. The SMILES string of the molecule is O=C(O)Oc1ccc(S)cc1. The van der Waals surface area contributed by atoms with Gasteiger partial charge in [-0.15, -0.1) is 12.6 Å². The van der Waals surface area contributed by atoms with Crippen LogP contribution in [-0.2, 0) is 0 Å². The van der Waals surface area contributed by atoms with Crippen LogP contribution in [0, 0.1) is 0 Å². The number of hydrogen-bond donors (Lipinski definition) is 2. The first kappa shape index (κ1) is 7.94. The molecule has 1 aromatic carbocycles. The molecule has 0 aliphatic carbocycles. The minimum Gasteiger partial charge on any atom is -0.449 e. The van der Waals surface area contributed by atoms with Crippen LogP contribution in [0.2, 0.25) is 0 Å². The Morgan fingerprint density at radius 1 is 1.36 bits per heavy atom. The Labute approximate surface area is 69.0 Å². The van der Waals surface area contributed by atoms with Gasteiger partial charge in [0.2, 0.25) is 0 Å². The average molecular weight is 170 g/mol. The van der Waals surface area contributed by atoms with Crippen LogP contribution in [0.1, 0.15) is 0 Å². The van der Waals surface area contributed by atoms with Crippen LogP contribution in [-0.4, -0.2) is 11.3 Å². The Bertz CT molecular complexity index is 255. The summed E-state index contributed by atoms with van der Waals surface area (Å²) in [5.74, 6) is 0.301. The smallest absolute Gasteiger partial charge is 0.449 e. The van der Waals surface area contributed by atoms with Crippen LogP contribution in [0.5, 0.6) is 5.75 Å². The van der Waals surface area contributed by atoms with Gasteiger partial charge >= 0.3 is 6.16 Å². The van der Waals surface area contributed by atoms with Gasteiger partial charge in [-0.25, -0.2) is 4.79 Å². The average Bonchev–Trinajstić information content (AvgIpc) is 1.93. The van der Waals surface area contributed by atoms with E-state index in [9.17, 15) is 4.79 Å². The summed E-state index contributed by atoms with van der Waals surface area (Å²) >= 11 is 4.02. The second-order valence-electron chi connectivity index (χ2n) is 1.86. The largest absolute Gasteiger partial charge is 0.511 e. The Morgan fingerprint density at radius 3 is 2.36 bits per heavy atom. The normalized spacial score (nSPS) is 9.18. The third-order valence-electron chi connectivity index (χ3n) is 1.04. The molecule has 0 bridgehead atoms. The summed E-state index contributed by atoms with van der Waals surface area (Å²) in [5.41, 5.74) is 0. The van der Waals surface area contributed by atoms with E-state index in [2.05, 4.69) is 17.4 Å². The number of ether oxygens (including phenoxy) is 1. The maximum Gasteiger partial charge on any atom is 0.511 e. The van der Waals surface area contributed by atoms with E-state index >= 15 is 0 Å². The summed E-state index contributed by atoms with van der Waals surface area (Å²) in [4.78, 5) is 10.8. The lowest BCUT2D eigenvalue weighted by Gasteiger charge is -1.97. The molecule has 4 heteroatoms. The molecule has 0 aliphatic heterocycles. The number of carbonyl (C=O) groups is 1. The molecule has 0 aromatic heterocycles. The monoisotopic (exact) mass is 170 g/mol. The number of hydrogen-bond acceptors (Lipinski definition) is 3. The van der Waals surface area contributed by atoms with Crippen molar-refractivity contribution in [3.63, 3.8) is 0 Å². The first-order valence-corrected chi connectivity index (χ1v) is 3.33. The Hall–Kier alpha value is -1.16. The first-order valence-electron chi connectivity index (χ1n) is 2.88. The zero-order chi connectivity index (χ0) is 8.27. The minimum absolute atomic E-state index is 0.301. The van der Waals surface area contributed by atoms with Crippen molar-refractivity contribution in [2.45, 2.75) is 4.90 Å². The third kappa shape index (κ3) is 2.51. The fourth-order valence-electron chi connectivity index (χ4n) is 0.615. The summed E-state index contributed by atoms with van der Waals surface area (Å²) in [6.45, 7) is 0. The number of thiol groups is 1. The Morgan fingerprint density at radius 2 is 1.91 bits per heavy atom. The maximum absolute atomic E-state index is 10.0. The predicted octanol–water partition coefficient (Wildman–Crippen LogP) is 2.03. The van der Waals surface area contributed by atoms with Crippen molar-refractivity contribution in [3.05, 3.63) is 24.3 Å². The standard InChI is InChI=1S/C7H6O3S/c8-7(9)10-5-1-3-6(11)4-2-5/h1-4,11H,(H,8,9). The van der Waals surface area contributed by atoms with Gasteiger partial charge in [-0.05, 0) is 24.3 Å². The van der Waals surface area contributed by atoms with Crippen molar-refractivity contribution in [3.8, 4) is 5.75 Å². The van der Waals surface area contributed by atoms with Crippen LogP contribution in [0.15, 0.2) is 29.2 Å². The minimum atomic E-state index is -1.31. The summed E-state index contributed by atoms with van der Waals surface area (Å²) in [6.07, 6.45) is -1.31. The van der Waals surface area contributed by atoms with Gasteiger partial charge in [0.15, 0.2) is 0 Å². The van der Waals surface area contributed by atoms with Gasteiger partial charge in [-0.3, -0.25) is 0 Å². The Balaban J connectivity index is 2.74. The molecule has 1 N–H and O–H groups in total. The second kappa shape index (κ2) is 3.30. The van der Waals surface area contributed by atoms with E-state index in [1.165, 1.54) is 12.1 Å². The third-order valence-corrected chi connectivity index (χ3v) is 1.34. The molecule has 0 atom stereocenters. The topological polar surface area (TPSA) is 46.5 Å². The van der Waals surface area contributed by atoms with Crippen molar-refractivity contribution in [2.75, 3.05) is 0 Å². The summed E-state index contributed by atoms with van der Waals surface area (Å²) in [6, 6.07) is 6.38. The molecular formula is C7H6O3S. The molecule has 1 rings (SSSR count). The van der Waals surface area contributed by atoms with Crippen molar-refractivity contribution < 1.29 is 14.6 Å². The number of rotatable bonds is 1. The van der Waals surface area contributed by atoms with E-state index in [4.69, 9.17) is 5.11 Å². The molecule has 0 fully saturated rings. The fourth-order valence-corrected chi connectivity index (χ4v) is 0.764. The van der Waals surface area contributed by atoms with E-state index in [0.717, 1.165) is 4.90 Å². The van der Waals surface area contributed by atoms with Crippen LogP contribution in [0.25, 0.3) is 0 Å². The summed E-state index contributed by atoms with van der Waals surface area (Å²) in [7, 11) is 0. The molecular weight excluding hydrogens is 164 g/mol. The van der Waals surface area contributed by atoms with Crippen LogP contribution in [0.3, 0.4) is 0 Å².